The molecule has 1 N–H and O–H groups in total. The highest BCUT2D eigenvalue weighted by Gasteiger charge is 2.22. The van der Waals surface area contributed by atoms with Gasteiger partial charge in [0.15, 0.2) is 0 Å². The molecule has 0 saturated carbocycles. The quantitative estimate of drug-likeness (QED) is 0.289. The highest BCUT2D eigenvalue weighted by atomic mass is 16.4. The van der Waals surface area contributed by atoms with Gasteiger partial charge >= 0.3 is 5.97 Å². The van der Waals surface area contributed by atoms with Crippen LogP contribution in [-0.2, 0) is 6.42 Å². The van der Waals surface area contributed by atoms with E-state index in [2.05, 4.69) is 41.4 Å². The van der Waals surface area contributed by atoms with E-state index in [9.17, 15) is 9.70 Å². The highest BCUT2D eigenvalue weighted by molar-refractivity contribution is 5.88. The minimum absolute atomic E-state index is 0.0224. The molecule has 170 valence electrons. The lowest BCUT2D eigenvalue weighted by atomic mass is 9.82. The van der Waals surface area contributed by atoms with Gasteiger partial charge in [0, 0.05) is 18.3 Å². The lowest BCUT2D eigenvalue weighted by molar-refractivity contribution is 0.0697. The fourth-order valence-corrected chi connectivity index (χ4v) is 4.36. The van der Waals surface area contributed by atoms with Gasteiger partial charge in [-0.2, -0.15) is 4.91 Å². The lowest BCUT2D eigenvalue weighted by Gasteiger charge is -2.23. The van der Waals surface area contributed by atoms with Gasteiger partial charge in [-0.3, -0.25) is 4.98 Å². The summed E-state index contributed by atoms with van der Waals surface area (Å²) < 4.78 is 0. The minimum Gasteiger partial charge on any atom is -0.478 e. The van der Waals surface area contributed by atoms with Crippen LogP contribution in [0.4, 0.5) is 0 Å². The number of rotatable bonds is 9. The third kappa shape index (κ3) is 5.44. The summed E-state index contributed by atoms with van der Waals surface area (Å²) in [5, 5.41) is 12.6. The second-order valence-electron chi connectivity index (χ2n) is 8.47. The van der Waals surface area contributed by atoms with Crippen molar-refractivity contribution in [1.29, 1.82) is 0 Å². The summed E-state index contributed by atoms with van der Waals surface area (Å²) in [4.78, 5) is 27.0. The van der Waals surface area contributed by atoms with Crippen LogP contribution < -0.4 is 0 Å². The van der Waals surface area contributed by atoms with E-state index in [1.54, 1.807) is 24.5 Å². The Labute approximate surface area is 199 Å². The molecule has 1 unspecified atom stereocenters. The van der Waals surface area contributed by atoms with E-state index in [0.29, 0.717) is 12.8 Å². The van der Waals surface area contributed by atoms with Crippen molar-refractivity contribution < 1.29 is 9.90 Å². The smallest absolute Gasteiger partial charge is 0.335 e. The Balaban J connectivity index is 1.63. The summed E-state index contributed by atoms with van der Waals surface area (Å²) in [6, 6.07) is 26.9. The molecule has 0 fully saturated rings. The number of hydrogen-bond acceptors (Lipinski definition) is 4. The first-order valence-corrected chi connectivity index (χ1v) is 11.3. The number of nitrogens with zero attached hydrogens (tertiary/aromatic N) is 2. The van der Waals surface area contributed by atoms with Crippen LogP contribution in [0, 0.1) is 11.8 Å². The zero-order chi connectivity index (χ0) is 23.9. The summed E-state index contributed by atoms with van der Waals surface area (Å²) in [6.45, 7) is 2.09. The molecule has 0 aliphatic rings. The number of carbonyl (C=O) groups is 1. The van der Waals surface area contributed by atoms with E-state index < -0.39 is 5.97 Å². The van der Waals surface area contributed by atoms with Crippen LogP contribution in [-0.4, -0.2) is 22.1 Å². The second-order valence-corrected chi connectivity index (χ2v) is 8.47. The van der Waals surface area contributed by atoms with Gasteiger partial charge in [-0.15, -0.1) is 0 Å². The van der Waals surface area contributed by atoms with Gasteiger partial charge in [0.05, 0.1) is 11.6 Å². The molecule has 34 heavy (non-hydrogen) atoms. The molecule has 4 rings (SSSR count). The first kappa shape index (κ1) is 23.1. The van der Waals surface area contributed by atoms with Crippen LogP contribution in [0.5, 0.6) is 0 Å². The molecular weight excluding hydrogens is 424 g/mol. The van der Waals surface area contributed by atoms with E-state index in [1.165, 1.54) is 11.1 Å². The molecule has 0 amide bonds. The van der Waals surface area contributed by atoms with Gasteiger partial charge in [-0.1, -0.05) is 65.8 Å². The van der Waals surface area contributed by atoms with E-state index in [4.69, 9.17) is 5.11 Å². The van der Waals surface area contributed by atoms with Gasteiger partial charge in [-0.25, -0.2) is 4.79 Å². The van der Waals surface area contributed by atoms with Crippen molar-refractivity contribution in [3.05, 3.63) is 130 Å². The van der Waals surface area contributed by atoms with Crippen molar-refractivity contribution in [2.75, 3.05) is 0 Å². The number of aryl methyl sites for hydroxylation is 1. The topological polar surface area (TPSA) is 79.6 Å². The molecule has 5 nitrogen and oxygen atoms in total. The van der Waals surface area contributed by atoms with Crippen LogP contribution in [0.3, 0.4) is 0 Å². The standard InChI is InChI=1S/C29H26N2O3/c1-20-4-2-3-5-27(20)28(19-26(31-34)18-21-14-16-30-17-15-21)24-10-6-22(7-11-24)23-8-12-25(13-9-23)29(32)33/h2-17,26,28H,18-19H2,1H3,(H,32,33)/t26?,28-/m1/s1. The maximum absolute atomic E-state index is 11.8. The number of pyridine rings is 1. The molecule has 1 aromatic heterocycles. The normalized spacial score (nSPS) is 12.6. The van der Waals surface area contributed by atoms with Crippen molar-refractivity contribution in [2.24, 2.45) is 5.18 Å². The Hall–Kier alpha value is -4.12. The van der Waals surface area contributed by atoms with Gasteiger partial charge in [0.25, 0.3) is 0 Å². The van der Waals surface area contributed by atoms with E-state index in [1.807, 2.05) is 48.5 Å². The summed E-state index contributed by atoms with van der Waals surface area (Å²) >= 11 is 0. The summed E-state index contributed by atoms with van der Waals surface area (Å²) in [6.07, 6.45) is 4.64. The molecular formula is C29H26N2O3. The molecule has 5 heteroatoms. The van der Waals surface area contributed by atoms with E-state index >= 15 is 0 Å². The average molecular weight is 451 g/mol. The van der Waals surface area contributed by atoms with Crippen molar-refractivity contribution in [1.82, 2.24) is 4.98 Å². The number of benzene rings is 3. The zero-order valence-electron chi connectivity index (χ0n) is 19.0. The predicted octanol–water partition coefficient (Wildman–Crippen LogP) is 6.65. The van der Waals surface area contributed by atoms with Crippen LogP contribution in [0.2, 0.25) is 0 Å². The number of aromatic carboxylic acids is 1. The minimum atomic E-state index is -0.937. The number of carboxylic acid groups (broad SMARTS) is 1. The Morgan fingerprint density at radius 3 is 2.09 bits per heavy atom. The highest BCUT2D eigenvalue weighted by Crippen LogP contribution is 2.34. The zero-order valence-corrected chi connectivity index (χ0v) is 19.0. The Morgan fingerprint density at radius 1 is 0.882 bits per heavy atom. The maximum atomic E-state index is 11.8. The van der Waals surface area contributed by atoms with Crippen LogP contribution >= 0.6 is 0 Å². The van der Waals surface area contributed by atoms with Crippen LogP contribution in [0.1, 0.15) is 45.0 Å². The van der Waals surface area contributed by atoms with Gasteiger partial charge in [0.1, 0.15) is 0 Å². The van der Waals surface area contributed by atoms with Crippen molar-refractivity contribution in [3.63, 3.8) is 0 Å². The third-order valence-electron chi connectivity index (χ3n) is 6.22. The first-order chi connectivity index (χ1) is 16.5. The third-order valence-corrected chi connectivity index (χ3v) is 6.22. The molecule has 1 heterocycles. The van der Waals surface area contributed by atoms with Gasteiger partial charge in [0.2, 0.25) is 0 Å². The number of nitroso groups, excluding NO2 is 1. The van der Waals surface area contributed by atoms with Crippen molar-refractivity contribution in [2.45, 2.75) is 31.7 Å². The summed E-state index contributed by atoms with van der Waals surface area (Å²) in [7, 11) is 0. The average Bonchev–Trinajstić information content (AvgIpc) is 2.88. The van der Waals surface area contributed by atoms with E-state index in [-0.39, 0.29) is 17.5 Å². The van der Waals surface area contributed by atoms with Gasteiger partial charge in [-0.05, 0) is 77.4 Å². The largest absolute Gasteiger partial charge is 0.478 e. The number of aromatic nitrogens is 1. The molecule has 0 aliphatic carbocycles. The molecule has 3 aromatic carbocycles. The fraction of sp³-hybridized carbons (Fsp3) is 0.172. The molecule has 0 saturated heterocycles. The molecule has 2 atom stereocenters. The number of hydrogen-bond donors (Lipinski definition) is 1. The van der Waals surface area contributed by atoms with Crippen LogP contribution in [0.25, 0.3) is 11.1 Å². The summed E-state index contributed by atoms with van der Waals surface area (Å²) in [5.41, 5.74) is 6.74. The Morgan fingerprint density at radius 2 is 1.50 bits per heavy atom. The van der Waals surface area contributed by atoms with Crippen molar-refractivity contribution in [3.8, 4) is 11.1 Å². The first-order valence-electron chi connectivity index (χ1n) is 11.3. The Bertz CT molecular complexity index is 1250. The van der Waals surface area contributed by atoms with E-state index in [0.717, 1.165) is 22.3 Å². The molecule has 0 bridgehead atoms. The van der Waals surface area contributed by atoms with Gasteiger partial charge < -0.3 is 5.11 Å². The fourth-order valence-electron chi connectivity index (χ4n) is 4.36. The second kappa shape index (κ2) is 10.7. The number of carboxylic acids is 1. The Kier molecular flexibility index (Phi) is 7.23. The molecule has 0 radical (unpaired) electrons. The SMILES string of the molecule is Cc1ccccc1[C@H](CC(Cc1ccncc1)N=O)c1ccc(-c2ccc(C(=O)O)cc2)cc1. The molecule has 4 aromatic rings. The monoisotopic (exact) mass is 450 g/mol. The molecule has 0 aliphatic heterocycles. The lowest BCUT2D eigenvalue weighted by Crippen LogP contribution is -2.15. The maximum Gasteiger partial charge on any atom is 0.335 e. The van der Waals surface area contributed by atoms with Crippen molar-refractivity contribution >= 4 is 5.97 Å². The van der Waals surface area contributed by atoms with Crippen LogP contribution in [0.15, 0.2) is 102 Å². The summed E-state index contributed by atoms with van der Waals surface area (Å²) in [5.74, 6) is -0.915. The molecule has 0 spiro atoms. The predicted molar refractivity (Wildman–Crippen MR) is 134 cm³/mol.